The van der Waals surface area contributed by atoms with Crippen molar-refractivity contribution in [3.8, 4) is 11.5 Å². The Labute approximate surface area is 158 Å². The first-order valence-electron chi connectivity index (χ1n) is 8.81. The van der Waals surface area contributed by atoms with Crippen molar-refractivity contribution in [2.45, 2.75) is 31.3 Å². The maximum Gasteiger partial charge on any atom is 0.326 e. The number of methoxy groups -OCH3 is 2. The van der Waals surface area contributed by atoms with Crippen LogP contribution in [0.4, 0.5) is 0 Å². The van der Waals surface area contributed by atoms with Crippen LogP contribution in [0.1, 0.15) is 17.5 Å². The highest BCUT2D eigenvalue weighted by molar-refractivity contribution is 5.94. The zero-order valence-corrected chi connectivity index (χ0v) is 15.4. The van der Waals surface area contributed by atoms with Gasteiger partial charge in [0.05, 0.1) is 20.6 Å². The van der Waals surface area contributed by atoms with Gasteiger partial charge < -0.3 is 19.5 Å². The maximum atomic E-state index is 12.2. The molecule has 2 aromatic rings. The fourth-order valence-electron chi connectivity index (χ4n) is 3.43. The summed E-state index contributed by atoms with van der Waals surface area (Å²) in [5.74, 6) is 0.446. The van der Waals surface area contributed by atoms with Crippen LogP contribution in [0.3, 0.4) is 0 Å². The van der Waals surface area contributed by atoms with Crippen molar-refractivity contribution in [2.24, 2.45) is 0 Å². The fourth-order valence-corrected chi connectivity index (χ4v) is 3.43. The van der Waals surface area contributed by atoms with Crippen molar-refractivity contribution < 1.29 is 24.2 Å². The molecule has 1 aliphatic rings. The van der Waals surface area contributed by atoms with E-state index in [1.54, 1.807) is 14.2 Å². The summed E-state index contributed by atoms with van der Waals surface area (Å²) in [6.07, 6.45) is 1.22. The summed E-state index contributed by atoms with van der Waals surface area (Å²) in [6.45, 7) is 0. The number of ether oxygens (including phenoxy) is 2. The first kappa shape index (κ1) is 18.8. The van der Waals surface area contributed by atoms with Gasteiger partial charge in [0.25, 0.3) is 0 Å². The third-order valence-corrected chi connectivity index (χ3v) is 4.93. The van der Waals surface area contributed by atoms with Crippen LogP contribution in [-0.4, -0.2) is 48.2 Å². The highest BCUT2D eigenvalue weighted by Crippen LogP contribution is 2.28. The number of rotatable bonds is 8. The molecule has 27 heavy (non-hydrogen) atoms. The molecule has 3 rings (SSSR count). The Morgan fingerprint density at radius 3 is 1.78 bits per heavy atom. The van der Waals surface area contributed by atoms with Crippen LogP contribution in [0.15, 0.2) is 48.5 Å². The summed E-state index contributed by atoms with van der Waals surface area (Å²) < 4.78 is 10.4. The monoisotopic (exact) mass is 369 g/mol. The Hall–Kier alpha value is -3.02. The van der Waals surface area contributed by atoms with Gasteiger partial charge in [-0.2, -0.15) is 0 Å². The predicted octanol–water partition coefficient (Wildman–Crippen LogP) is 2.54. The lowest BCUT2D eigenvalue weighted by atomic mass is 9.91. The second-order valence-electron chi connectivity index (χ2n) is 6.62. The number of hydrogen-bond donors (Lipinski definition) is 1. The molecule has 1 amide bonds. The van der Waals surface area contributed by atoms with Gasteiger partial charge in [0, 0.05) is 6.04 Å². The minimum Gasteiger partial charge on any atom is -0.497 e. The summed E-state index contributed by atoms with van der Waals surface area (Å²) in [6, 6.07) is 14.3. The van der Waals surface area contributed by atoms with Gasteiger partial charge in [0.15, 0.2) is 0 Å². The van der Waals surface area contributed by atoms with Crippen molar-refractivity contribution >= 4 is 11.9 Å². The number of aliphatic carboxylic acids is 1. The molecule has 6 nitrogen and oxygen atoms in total. The lowest BCUT2D eigenvalue weighted by Crippen LogP contribution is -2.61. The van der Waals surface area contributed by atoms with E-state index in [1.807, 2.05) is 48.5 Å². The third-order valence-electron chi connectivity index (χ3n) is 4.93. The second-order valence-corrected chi connectivity index (χ2v) is 6.62. The molecule has 0 radical (unpaired) electrons. The lowest BCUT2D eigenvalue weighted by molar-refractivity contribution is -0.165. The summed E-state index contributed by atoms with van der Waals surface area (Å²) >= 11 is 0. The molecule has 1 aliphatic heterocycles. The number of carbonyl (C=O) groups is 2. The molecule has 0 aromatic heterocycles. The molecule has 1 N–H and O–H groups in total. The largest absolute Gasteiger partial charge is 0.497 e. The molecule has 0 saturated carbocycles. The van der Waals surface area contributed by atoms with Crippen molar-refractivity contribution in [1.29, 1.82) is 0 Å². The minimum atomic E-state index is -0.955. The predicted molar refractivity (Wildman–Crippen MR) is 100 cm³/mol. The van der Waals surface area contributed by atoms with Gasteiger partial charge in [-0.05, 0) is 48.2 Å². The number of carboxylic acids is 1. The number of amides is 1. The molecule has 2 aromatic carbocycles. The van der Waals surface area contributed by atoms with Gasteiger partial charge in [-0.15, -0.1) is 0 Å². The molecule has 0 aliphatic carbocycles. The van der Waals surface area contributed by atoms with E-state index in [4.69, 9.17) is 9.47 Å². The Morgan fingerprint density at radius 2 is 1.44 bits per heavy atom. The van der Waals surface area contributed by atoms with E-state index in [-0.39, 0.29) is 18.4 Å². The molecular formula is C21H23NO5. The average molecular weight is 369 g/mol. The zero-order chi connectivity index (χ0) is 19.4. The Balaban J connectivity index is 1.82. The molecule has 1 atom stereocenters. The summed E-state index contributed by atoms with van der Waals surface area (Å²) in [7, 11) is 3.22. The number of carboxylic acid groups (broad SMARTS) is 1. The van der Waals surface area contributed by atoms with Crippen molar-refractivity contribution in [1.82, 2.24) is 4.90 Å². The number of benzene rings is 2. The fraction of sp³-hybridized carbons (Fsp3) is 0.333. The highest BCUT2D eigenvalue weighted by atomic mass is 16.5. The quantitative estimate of drug-likeness (QED) is 0.724. The SMILES string of the molecule is COc1ccc(CC(Cc2ccc(OC)cc2)N2C(=O)CC2C(=O)O)cc1. The first-order chi connectivity index (χ1) is 13.0. The van der Waals surface area contributed by atoms with Crippen LogP contribution in [-0.2, 0) is 22.4 Å². The van der Waals surface area contributed by atoms with Crippen LogP contribution >= 0.6 is 0 Å². The summed E-state index contributed by atoms with van der Waals surface area (Å²) in [4.78, 5) is 25.2. The summed E-state index contributed by atoms with van der Waals surface area (Å²) in [5, 5.41) is 9.41. The topological polar surface area (TPSA) is 76.1 Å². The van der Waals surface area contributed by atoms with E-state index in [0.717, 1.165) is 22.6 Å². The van der Waals surface area contributed by atoms with Gasteiger partial charge in [-0.1, -0.05) is 24.3 Å². The third kappa shape index (κ3) is 4.22. The van der Waals surface area contributed by atoms with E-state index in [2.05, 4.69) is 0 Å². The van der Waals surface area contributed by atoms with Crippen LogP contribution in [0.5, 0.6) is 11.5 Å². The molecule has 0 spiro atoms. The highest BCUT2D eigenvalue weighted by Gasteiger charge is 2.45. The number of likely N-dealkylation sites (tertiary alicyclic amines) is 1. The van der Waals surface area contributed by atoms with Gasteiger partial charge in [-0.3, -0.25) is 4.79 Å². The van der Waals surface area contributed by atoms with Gasteiger partial charge >= 0.3 is 5.97 Å². The lowest BCUT2D eigenvalue weighted by Gasteiger charge is -2.43. The van der Waals surface area contributed by atoms with E-state index in [9.17, 15) is 14.7 Å². The number of carbonyl (C=O) groups excluding carboxylic acids is 1. The molecule has 1 fully saturated rings. The Kier molecular flexibility index (Phi) is 5.64. The second kappa shape index (κ2) is 8.12. The zero-order valence-electron chi connectivity index (χ0n) is 15.4. The van der Waals surface area contributed by atoms with Gasteiger partial charge in [-0.25, -0.2) is 4.79 Å². The normalized spacial score (nSPS) is 16.2. The molecule has 1 saturated heterocycles. The van der Waals surface area contributed by atoms with Crippen molar-refractivity contribution in [3.05, 3.63) is 59.7 Å². The van der Waals surface area contributed by atoms with Gasteiger partial charge in [0.2, 0.25) is 5.91 Å². The van der Waals surface area contributed by atoms with Crippen molar-refractivity contribution in [2.75, 3.05) is 14.2 Å². The summed E-state index contributed by atoms with van der Waals surface area (Å²) in [5.41, 5.74) is 2.05. The Bertz CT molecular complexity index is 751. The van der Waals surface area contributed by atoms with Gasteiger partial charge in [0.1, 0.15) is 17.5 Å². The van der Waals surface area contributed by atoms with E-state index >= 15 is 0 Å². The van der Waals surface area contributed by atoms with Crippen LogP contribution in [0.2, 0.25) is 0 Å². The molecule has 142 valence electrons. The molecule has 6 heteroatoms. The Morgan fingerprint density at radius 1 is 1.00 bits per heavy atom. The number of hydrogen-bond acceptors (Lipinski definition) is 4. The van der Waals surface area contributed by atoms with E-state index < -0.39 is 12.0 Å². The van der Waals surface area contributed by atoms with Crippen molar-refractivity contribution in [3.63, 3.8) is 0 Å². The minimum absolute atomic E-state index is 0.0665. The average Bonchev–Trinajstić information content (AvgIpc) is 2.67. The van der Waals surface area contributed by atoms with Crippen LogP contribution in [0, 0.1) is 0 Å². The standard InChI is InChI=1S/C21H23NO5/c1-26-17-7-3-14(4-8-17)11-16(22-19(21(24)25)13-20(22)23)12-15-5-9-18(27-2)10-6-15/h3-10,16,19H,11-13H2,1-2H3,(H,24,25). The van der Waals surface area contributed by atoms with E-state index in [1.165, 1.54) is 4.90 Å². The first-order valence-corrected chi connectivity index (χ1v) is 8.81. The van der Waals surface area contributed by atoms with Crippen LogP contribution in [0.25, 0.3) is 0 Å². The number of β-lactam (4-membered cyclic amide) rings is 1. The smallest absolute Gasteiger partial charge is 0.326 e. The molecular weight excluding hydrogens is 346 g/mol. The van der Waals surface area contributed by atoms with Crippen LogP contribution < -0.4 is 9.47 Å². The molecule has 0 bridgehead atoms. The maximum absolute atomic E-state index is 12.2. The molecule has 1 heterocycles. The number of nitrogens with zero attached hydrogens (tertiary/aromatic N) is 1. The molecule has 1 unspecified atom stereocenters. The van der Waals surface area contributed by atoms with E-state index in [0.29, 0.717) is 12.8 Å².